The third kappa shape index (κ3) is 4.98. The monoisotopic (exact) mass is 820 g/mol. The lowest BCUT2D eigenvalue weighted by Gasteiger charge is -2.36. The van der Waals surface area contributed by atoms with E-state index in [1.165, 1.54) is 84.9 Å². The normalized spacial score (nSPS) is 14.4. The predicted molar refractivity (Wildman–Crippen MR) is 262 cm³/mol. The van der Waals surface area contributed by atoms with Crippen molar-refractivity contribution in [1.82, 2.24) is 19.5 Å². The first-order chi connectivity index (χ1) is 31.7. The summed E-state index contributed by atoms with van der Waals surface area (Å²) >= 11 is 0. The van der Waals surface area contributed by atoms with Crippen LogP contribution >= 0.6 is 0 Å². The van der Waals surface area contributed by atoms with Gasteiger partial charge in [-0.1, -0.05) is 165 Å². The topological polar surface area (TPSA) is 56.7 Å². The van der Waals surface area contributed by atoms with E-state index in [0.29, 0.717) is 17.5 Å². The molecular weight excluding hydrogens is 781 g/mol. The molecule has 12 aromatic rings. The lowest BCUT2D eigenvalue weighted by atomic mass is 9.67. The molecule has 0 saturated heterocycles. The minimum atomic E-state index is -0.0629. The second kappa shape index (κ2) is 13.6. The zero-order valence-corrected chi connectivity index (χ0v) is 35.1. The maximum atomic E-state index is 6.31. The molecule has 3 aromatic heterocycles. The Balaban J connectivity index is 1.04. The third-order valence-corrected chi connectivity index (χ3v) is 14.4. The van der Waals surface area contributed by atoms with E-state index in [2.05, 4.69) is 138 Å². The first-order valence-corrected chi connectivity index (χ1v) is 22.6. The van der Waals surface area contributed by atoms with E-state index in [-0.39, 0.29) is 5.41 Å². The fraction of sp³-hybridized carbons (Fsp3) is 0.102. The zero-order valence-electron chi connectivity index (χ0n) is 35.1. The van der Waals surface area contributed by atoms with E-state index >= 15 is 0 Å². The van der Waals surface area contributed by atoms with E-state index in [0.717, 1.165) is 57.2 Å². The van der Waals surface area contributed by atoms with Gasteiger partial charge in [0.2, 0.25) is 0 Å². The molecule has 302 valence electrons. The number of aromatic nitrogens is 4. The summed E-state index contributed by atoms with van der Waals surface area (Å²) < 4.78 is 8.93. The van der Waals surface area contributed by atoms with Crippen molar-refractivity contribution in [3.05, 3.63) is 193 Å². The van der Waals surface area contributed by atoms with E-state index in [9.17, 15) is 0 Å². The highest BCUT2D eigenvalue weighted by Gasteiger charge is 2.47. The van der Waals surface area contributed by atoms with Gasteiger partial charge in [-0.25, -0.2) is 15.0 Å². The fourth-order valence-corrected chi connectivity index (χ4v) is 11.7. The van der Waals surface area contributed by atoms with Gasteiger partial charge in [0, 0.05) is 54.7 Å². The second-order valence-electron chi connectivity index (χ2n) is 17.7. The largest absolute Gasteiger partial charge is 0.456 e. The molecule has 2 aliphatic rings. The Morgan fingerprint density at radius 1 is 0.422 bits per heavy atom. The summed E-state index contributed by atoms with van der Waals surface area (Å²) in [5.41, 5.74) is 13.9. The summed E-state index contributed by atoms with van der Waals surface area (Å²) in [5, 5.41) is 9.81. The van der Waals surface area contributed by atoms with Gasteiger partial charge in [0.25, 0.3) is 0 Å². The van der Waals surface area contributed by atoms with Crippen LogP contribution in [0.2, 0.25) is 0 Å². The van der Waals surface area contributed by atoms with Crippen LogP contribution in [0.5, 0.6) is 0 Å². The molecule has 5 heteroatoms. The summed E-state index contributed by atoms with van der Waals surface area (Å²) in [6.45, 7) is 0. The van der Waals surface area contributed by atoms with Crippen LogP contribution in [0, 0.1) is 0 Å². The number of furan rings is 1. The van der Waals surface area contributed by atoms with Gasteiger partial charge in [-0.3, -0.25) is 0 Å². The van der Waals surface area contributed by atoms with Crippen LogP contribution < -0.4 is 0 Å². The molecule has 2 aliphatic carbocycles. The van der Waals surface area contributed by atoms with Crippen LogP contribution in [0.1, 0.15) is 43.2 Å². The molecule has 0 atom stereocenters. The molecule has 0 amide bonds. The van der Waals surface area contributed by atoms with Crippen molar-refractivity contribution in [2.24, 2.45) is 0 Å². The van der Waals surface area contributed by atoms with Crippen molar-refractivity contribution in [2.45, 2.75) is 37.5 Å². The van der Waals surface area contributed by atoms with E-state index in [1.807, 2.05) is 48.5 Å². The Morgan fingerprint density at radius 3 is 1.89 bits per heavy atom. The Morgan fingerprint density at radius 2 is 1.06 bits per heavy atom. The molecule has 0 unspecified atom stereocenters. The lowest BCUT2D eigenvalue weighted by molar-refractivity contribution is 0.354. The fourth-order valence-electron chi connectivity index (χ4n) is 11.7. The standard InChI is InChI=1S/C59H40N4O/c1-3-17-37(18-4-1)56-60-57(62-58(61-56)46-24-15-27-49-50(46)44-23-10-12-26-48(44)64-49)38-28-31-39(32-29-38)63-54-40-19-6-5-16-36(40)30-33-45(54)52-42-21-8-7-20-41(42)51-43-22-9-11-25-47(43)59(53(51)55(52)63)34-13-2-14-35-59/h1,3-12,15-33H,2,13-14,34-35H2. The highest BCUT2D eigenvalue weighted by atomic mass is 16.3. The number of rotatable bonds is 4. The van der Waals surface area contributed by atoms with E-state index in [1.54, 1.807) is 0 Å². The number of nitrogens with zero attached hydrogens (tertiary/aromatic N) is 4. The van der Waals surface area contributed by atoms with Crippen molar-refractivity contribution < 1.29 is 4.42 Å². The second-order valence-corrected chi connectivity index (χ2v) is 17.7. The first kappa shape index (κ1) is 35.7. The van der Waals surface area contributed by atoms with Gasteiger partial charge in [-0.2, -0.15) is 0 Å². The summed E-state index contributed by atoms with van der Waals surface area (Å²) in [6, 6.07) is 65.5. The molecule has 1 spiro atoms. The summed E-state index contributed by atoms with van der Waals surface area (Å²) in [5.74, 6) is 1.86. The third-order valence-electron chi connectivity index (χ3n) is 14.4. The molecule has 0 aliphatic heterocycles. The molecule has 64 heavy (non-hydrogen) atoms. The quantitative estimate of drug-likeness (QED) is 0.177. The Bertz CT molecular complexity index is 3870. The van der Waals surface area contributed by atoms with Gasteiger partial charge in [-0.05, 0) is 87.7 Å². The van der Waals surface area contributed by atoms with Gasteiger partial charge in [-0.15, -0.1) is 0 Å². The van der Waals surface area contributed by atoms with Crippen LogP contribution in [0.15, 0.2) is 186 Å². The molecule has 0 N–H and O–H groups in total. The molecule has 14 rings (SSSR count). The molecule has 5 nitrogen and oxygen atoms in total. The summed E-state index contributed by atoms with van der Waals surface area (Å²) in [7, 11) is 0. The highest BCUT2D eigenvalue weighted by Crippen LogP contribution is 2.61. The first-order valence-electron chi connectivity index (χ1n) is 22.6. The van der Waals surface area contributed by atoms with Crippen molar-refractivity contribution in [2.75, 3.05) is 0 Å². The van der Waals surface area contributed by atoms with Gasteiger partial charge in [0.15, 0.2) is 17.5 Å². The van der Waals surface area contributed by atoms with Crippen LogP contribution in [0.3, 0.4) is 0 Å². The number of hydrogen-bond acceptors (Lipinski definition) is 4. The van der Waals surface area contributed by atoms with E-state index < -0.39 is 0 Å². The Labute approximate surface area is 369 Å². The van der Waals surface area contributed by atoms with Crippen LogP contribution in [-0.4, -0.2) is 19.5 Å². The van der Waals surface area contributed by atoms with Crippen LogP contribution in [0.25, 0.3) is 116 Å². The van der Waals surface area contributed by atoms with Crippen LogP contribution in [-0.2, 0) is 5.41 Å². The maximum Gasteiger partial charge on any atom is 0.164 e. The van der Waals surface area contributed by atoms with Gasteiger partial charge >= 0.3 is 0 Å². The maximum absolute atomic E-state index is 6.31. The van der Waals surface area contributed by atoms with Gasteiger partial charge in [0.1, 0.15) is 11.2 Å². The number of fused-ring (bicyclic) bond motifs is 17. The van der Waals surface area contributed by atoms with Gasteiger partial charge < -0.3 is 8.98 Å². The molecule has 9 aromatic carbocycles. The van der Waals surface area contributed by atoms with Crippen LogP contribution in [0.4, 0.5) is 0 Å². The zero-order chi connectivity index (χ0) is 41.9. The molecule has 3 heterocycles. The smallest absolute Gasteiger partial charge is 0.164 e. The van der Waals surface area contributed by atoms with Crippen molar-refractivity contribution >= 4 is 65.3 Å². The minimum absolute atomic E-state index is 0.0629. The number of para-hydroxylation sites is 1. The molecular formula is C59H40N4O. The lowest BCUT2D eigenvalue weighted by Crippen LogP contribution is -2.28. The number of hydrogen-bond donors (Lipinski definition) is 0. The molecule has 1 saturated carbocycles. The molecule has 0 radical (unpaired) electrons. The highest BCUT2D eigenvalue weighted by molar-refractivity contribution is 6.30. The SMILES string of the molecule is c1ccc(-c2nc(-c3ccc(-n4c5c6c(c7ccccc7c5c5ccc7ccccc7c54)-c4ccccc4C64CCCCC4)cc3)nc(-c3cccc4oc5ccccc5c34)n2)cc1. The Hall–Kier alpha value is -7.89. The average molecular weight is 821 g/mol. The summed E-state index contributed by atoms with van der Waals surface area (Å²) in [6.07, 6.45) is 6.04. The van der Waals surface area contributed by atoms with Crippen molar-refractivity contribution in [3.8, 4) is 51.0 Å². The Kier molecular flexibility index (Phi) is 7.56. The van der Waals surface area contributed by atoms with Crippen molar-refractivity contribution in [3.63, 3.8) is 0 Å². The van der Waals surface area contributed by atoms with E-state index in [4.69, 9.17) is 19.4 Å². The minimum Gasteiger partial charge on any atom is -0.456 e. The molecule has 1 fully saturated rings. The molecule has 0 bridgehead atoms. The number of benzene rings is 9. The summed E-state index contributed by atoms with van der Waals surface area (Å²) in [4.78, 5) is 15.6. The van der Waals surface area contributed by atoms with Crippen molar-refractivity contribution in [1.29, 1.82) is 0 Å². The van der Waals surface area contributed by atoms with Gasteiger partial charge in [0.05, 0.1) is 11.0 Å². The predicted octanol–water partition coefficient (Wildman–Crippen LogP) is 15.4. The average Bonchev–Trinajstić information content (AvgIpc) is 4.01.